The van der Waals surface area contributed by atoms with Gasteiger partial charge in [-0.25, -0.2) is 4.79 Å². The molecular formula is C21H28N6O. The van der Waals surface area contributed by atoms with Gasteiger partial charge in [-0.1, -0.05) is 25.1 Å². The van der Waals surface area contributed by atoms with Crippen molar-refractivity contribution >= 4 is 23.4 Å². The molecule has 0 saturated carbocycles. The molecule has 0 atom stereocenters. The number of urea groups is 1. The van der Waals surface area contributed by atoms with E-state index in [1.54, 1.807) is 0 Å². The van der Waals surface area contributed by atoms with E-state index < -0.39 is 0 Å². The van der Waals surface area contributed by atoms with Gasteiger partial charge in [0.05, 0.1) is 0 Å². The number of hydrogen-bond acceptors (Lipinski definition) is 5. The Morgan fingerprint density at radius 2 is 1.43 bits per heavy atom. The molecule has 0 aliphatic carbocycles. The molecule has 1 aromatic heterocycles. The van der Waals surface area contributed by atoms with Gasteiger partial charge in [-0.05, 0) is 43.0 Å². The van der Waals surface area contributed by atoms with Gasteiger partial charge in [0.2, 0.25) is 0 Å². The van der Waals surface area contributed by atoms with E-state index in [-0.39, 0.29) is 6.03 Å². The van der Waals surface area contributed by atoms with Crippen molar-refractivity contribution < 1.29 is 4.79 Å². The topological polar surface area (TPSA) is 64.6 Å². The average molecular weight is 380 g/mol. The van der Waals surface area contributed by atoms with Crippen molar-refractivity contribution in [3.8, 4) is 0 Å². The first kappa shape index (κ1) is 18.5. The summed E-state index contributed by atoms with van der Waals surface area (Å²) in [7, 11) is 0. The van der Waals surface area contributed by atoms with E-state index in [0.717, 1.165) is 49.4 Å². The number of carbonyl (C=O) groups excluding carboxylic acids is 1. The maximum Gasteiger partial charge on any atom is 0.321 e. The summed E-state index contributed by atoms with van der Waals surface area (Å²) in [5.74, 6) is 2.66. The number of benzene rings is 1. The van der Waals surface area contributed by atoms with Crippen LogP contribution in [-0.2, 0) is 0 Å². The van der Waals surface area contributed by atoms with Gasteiger partial charge in [0.1, 0.15) is 0 Å². The Balaban J connectivity index is 1.29. The summed E-state index contributed by atoms with van der Waals surface area (Å²) in [4.78, 5) is 18.8. The number of nitrogens with zero attached hydrogens (tertiary/aromatic N) is 5. The molecule has 1 N–H and O–H groups in total. The molecule has 28 heavy (non-hydrogen) atoms. The fourth-order valence-electron chi connectivity index (χ4n) is 3.76. The Hall–Kier alpha value is -2.83. The number of rotatable bonds is 3. The Kier molecular flexibility index (Phi) is 5.60. The zero-order chi connectivity index (χ0) is 19.3. The van der Waals surface area contributed by atoms with Crippen LogP contribution in [-0.4, -0.2) is 60.4 Å². The SMILES string of the molecule is CC1CCN(c2ccc(N3CCN(C(=O)Nc4ccccc4)CC3)nn2)CC1. The third kappa shape index (κ3) is 4.35. The fraction of sp³-hybridized carbons (Fsp3) is 0.476. The van der Waals surface area contributed by atoms with E-state index in [2.05, 4.69) is 44.4 Å². The fourth-order valence-corrected chi connectivity index (χ4v) is 3.76. The minimum absolute atomic E-state index is 0.0494. The van der Waals surface area contributed by atoms with Gasteiger partial charge in [-0.2, -0.15) is 0 Å². The lowest BCUT2D eigenvalue weighted by atomic mass is 9.99. The number of aromatic nitrogens is 2. The van der Waals surface area contributed by atoms with Crippen LogP contribution in [0.4, 0.5) is 22.1 Å². The molecule has 148 valence electrons. The van der Waals surface area contributed by atoms with Crippen LogP contribution in [0.5, 0.6) is 0 Å². The molecule has 1 aromatic carbocycles. The highest BCUT2D eigenvalue weighted by Gasteiger charge is 2.23. The monoisotopic (exact) mass is 380 g/mol. The molecule has 2 amide bonds. The van der Waals surface area contributed by atoms with Crippen LogP contribution < -0.4 is 15.1 Å². The van der Waals surface area contributed by atoms with Gasteiger partial charge in [-0.15, -0.1) is 10.2 Å². The van der Waals surface area contributed by atoms with Crippen molar-refractivity contribution in [1.29, 1.82) is 0 Å². The van der Waals surface area contributed by atoms with Crippen molar-refractivity contribution in [2.24, 2.45) is 5.92 Å². The van der Waals surface area contributed by atoms with Crippen LogP contribution in [0, 0.1) is 5.92 Å². The highest BCUT2D eigenvalue weighted by Crippen LogP contribution is 2.22. The highest BCUT2D eigenvalue weighted by molar-refractivity contribution is 5.89. The predicted molar refractivity (Wildman–Crippen MR) is 112 cm³/mol. The minimum atomic E-state index is -0.0494. The summed E-state index contributed by atoms with van der Waals surface area (Å²) in [6.45, 7) is 7.30. The number of carbonyl (C=O) groups is 1. The molecule has 2 aromatic rings. The van der Waals surface area contributed by atoms with E-state index >= 15 is 0 Å². The standard InChI is InChI=1S/C21H28N6O/c1-17-9-11-25(12-10-17)19-7-8-20(24-23-19)26-13-15-27(16-14-26)21(28)22-18-5-3-2-4-6-18/h2-8,17H,9-16H2,1H3,(H,22,28). The number of amides is 2. The maximum absolute atomic E-state index is 12.4. The zero-order valence-corrected chi connectivity index (χ0v) is 16.4. The summed E-state index contributed by atoms with van der Waals surface area (Å²) in [5, 5.41) is 11.9. The molecule has 0 unspecified atom stereocenters. The van der Waals surface area contributed by atoms with Crippen LogP contribution in [0.3, 0.4) is 0 Å². The van der Waals surface area contributed by atoms with E-state index in [1.807, 2.05) is 35.2 Å². The normalized spacial score (nSPS) is 18.2. The summed E-state index contributed by atoms with van der Waals surface area (Å²) in [5.41, 5.74) is 0.823. The Morgan fingerprint density at radius 3 is 2.00 bits per heavy atom. The van der Waals surface area contributed by atoms with Crippen molar-refractivity contribution in [2.45, 2.75) is 19.8 Å². The summed E-state index contributed by atoms with van der Waals surface area (Å²) >= 11 is 0. The number of nitrogens with one attached hydrogen (secondary N) is 1. The number of anilines is 3. The summed E-state index contributed by atoms with van der Waals surface area (Å²) in [6, 6.07) is 13.6. The first-order chi connectivity index (χ1) is 13.7. The number of piperidine rings is 1. The third-order valence-corrected chi connectivity index (χ3v) is 5.66. The minimum Gasteiger partial charge on any atom is -0.355 e. The quantitative estimate of drug-likeness (QED) is 0.887. The van der Waals surface area contributed by atoms with E-state index in [9.17, 15) is 4.79 Å². The molecule has 2 aliphatic heterocycles. The lowest BCUT2D eigenvalue weighted by molar-refractivity contribution is 0.208. The molecule has 0 spiro atoms. The molecule has 2 fully saturated rings. The van der Waals surface area contributed by atoms with Crippen LogP contribution in [0.25, 0.3) is 0 Å². The van der Waals surface area contributed by atoms with E-state index in [0.29, 0.717) is 13.1 Å². The predicted octanol–water partition coefficient (Wildman–Crippen LogP) is 3.07. The zero-order valence-electron chi connectivity index (χ0n) is 16.4. The maximum atomic E-state index is 12.4. The van der Waals surface area contributed by atoms with Crippen molar-refractivity contribution in [1.82, 2.24) is 15.1 Å². The first-order valence-corrected chi connectivity index (χ1v) is 10.1. The molecule has 3 heterocycles. The van der Waals surface area contributed by atoms with Gasteiger partial charge >= 0.3 is 6.03 Å². The Labute approximate surface area is 166 Å². The van der Waals surface area contributed by atoms with E-state index in [1.165, 1.54) is 12.8 Å². The van der Waals surface area contributed by atoms with Crippen LogP contribution in [0.1, 0.15) is 19.8 Å². The highest BCUT2D eigenvalue weighted by atomic mass is 16.2. The molecule has 2 saturated heterocycles. The first-order valence-electron chi connectivity index (χ1n) is 10.1. The van der Waals surface area contributed by atoms with Gasteiger partial charge in [0.15, 0.2) is 11.6 Å². The van der Waals surface area contributed by atoms with E-state index in [4.69, 9.17) is 0 Å². The van der Waals surface area contributed by atoms with Gasteiger partial charge < -0.3 is 20.0 Å². The average Bonchev–Trinajstić information content (AvgIpc) is 2.75. The van der Waals surface area contributed by atoms with Gasteiger partial charge in [-0.3, -0.25) is 0 Å². The van der Waals surface area contributed by atoms with Crippen molar-refractivity contribution in [3.63, 3.8) is 0 Å². The van der Waals surface area contributed by atoms with Gasteiger partial charge in [0, 0.05) is 45.0 Å². The second-order valence-electron chi connectivity index (χ2n) is 7.69. The number of piperazine rings is 1. The smallest absolute Gasteiger partial charge is 0.321 e. The van der Waals surface area contributed by atoms with Crippen LogP contribution in [0.2, 0.25) is 0 Å². The number of para-hydroxylation sites is 1. The lowest BCUT2D eigenvalue weighted by Gasteiger charge is -2.35. The molecule has 0 bridgehead atoms. The van der Waals surface area contributed by atoms with Crippen molar-refractivity contribution in [3.05, 3.63) is 42.5 Å². The second-order valence-corrected chi connectivity index (χ2v) is 7.69. The molecular weight excluding hydrogens is 352 g/mol. The Bertz CT molecular complexity index is 765. The largest absolute Gasteiger partial charge is 0.355 e. The summed E-state index contributed by atoms with van der Waals surface area (Å²) in [6.07, 6.45) is 2.44. The number of hydrogen-bond donors (Lipinski definition) is 1. The van der Waals surface area contributed by atoms with Crippen LogP contribution in [0.15, 0.2) is 42.5 Å². The molecule has 2 aliphatic rings. The third-order valence-electron chi connectivity index (χ3n) is 5.66. The molecule has 4 rings (SSSR count). The summed E-state index contributed by atoms with van der Waals surface area (Å²) < 4.78 is 0. The van der Waals surface area contributed by atoms with Crippen LogP contribution >= 0.6 is 0 Å². The Morgan fingerprint density at radius 1 is 0.857 bits per heavy atom. The van der Waals surface area contributed by atoms with Crippen molar-refractivity contribution in [2.75, 3.05) is 54.4 Å². The molecule has 0 radical (unpaired) electrons. The molecule has 7 nitrogen and oxygen atoms in total. The van der Waals surface area contributed by atoms with Gasteiger partial charge in [0.25, 0.3) is 0 Å². The molecule has 7 heteroatoms. The lowest BCUT2D eigenvalue weighted by Crippen LogP contribution is -2.50. The second kappa shape index (κ2) is 8.46.